The van der Waals surface area contributed by atoms with Crippen LogP contribution in [0.3, 0.4) is 0 Å². The lowest BCUT2D eigenvalue weighted by Crippen LogP contribution is -2.01. The summed E-state index contributed by atoms with van der Waals surface area (Å²) in [4.78, 5) is 15.2. The molecule has 0 radical (unpaired) electrons. The summed E-state index contributed by atoms with van der Waals surface area (Å²) in [5.41, 5.74) is 9.62. The molecule has 0 N–H and O–H groups in total. The summed E-state index contributed by atoms with van der Waals surface area (Å²) in [6.07, 6.45) is 0. The second kappa shape index (κ2) is 14.7. The summed E-state index contributed by atoms with van der Waals surface area (Å²) in [6, 6.07) is 57.2. The van der Waals surface area contributed by atoms with E-state index in [1.807, 2.05) is 72.8 Å². The molecule has 11 aromatic rings. The molecule has 0 aliphatic heterocycles. The standard InChI is InChI=1S/C55H35FN4/c56-44-18-8-16-42(34-44)47-23-11-15-39-14-10-22-46(52(39)47)38-28-32-41(33-29-38)54-57-53(40-30-26-37(27-31-40)36-12-2-1-3-13-36)58-55(59-54)43-17-9-19-45(35-43)60-50-24-6-4-20-48(50)49-21-5-7-25-51(49)60/h1-35H/i1D,2D,3D,12D,13D. The molecule has 9 aromatic carbocycles. The topological polar surface area (TPSA) is 43.6 Å². The Hall–Kier alpha value is -8.02. The fourth-order valence-corrected chi connectivity index (χ4v) is 8.21. The summed E-state index contributed by atoms with van der Waals surface area (Å²) < 4.78 is 58.3. The number of hydrogen-bond acceptors (Lipinski definition) is 3. The number of halogens is 1. The van der Waals surface area contributed by atoms with Crippen molar-refractivity contribution in [1.82, 2.24) is 19.5 Å². The summed E-state index contributed by atoms with van der Waals surface area (Å²) in [7, 11) is 0. The van der Waals surface area contributed by atoms with Crippen molar-refractivity contribution < 1.29 is 11.2 Å². The van der Waals surface area contributed by atoms with E-state index >= 15 is 0 Å². The minimum absolute atomic E-state index is 0.121. The number of aromatic nitrogens is 4. The maximum atomic E-state index is 14.5. The highest BCUT2D eigenvalue weighted by Crippen LogP contribution is 2.38. The maximum absolute atomic E-state index is 14.5. The van der Waals surface area contributed by atoms with Crippen LogP contribution in [0.2, 0.25) is 0 Å². The van der Waals surface area contributed by atoms with Crippen molar-refractivity contribution >= 4 is 32.6 Å². The van der Waals surface area contributed by atoms with Crippen LogP contribution >= 0.6 is 0 Å². The van der Waals surface area contributed by atoms with Gasteiger partial charge >= 0.3 is 0 Å². The fourth-order valence-electron chi connectivity index (χ4n) is 8.21. The Morgan fingerprint density at radius 1 is 0.400 bits per heavy atom. The van der Waals surface area contributed by atoms with Gasteiger partial charge in [0.25, 0.3) is 0 Å². The lowest BCUT2D eigenvalue weighted by molar-refractivity contribution is 0.628. The van der Waals surface area contributed by atoms with Gasteiger partial charge in [-0.15, -0.1) is 0 Å². The SMILES string of the molecule is [2H]c1c([2H])c([2H])c(-c2ccc(-c3nc(-c4ccc(-c5cccc6cccc(-c7cccc(F)c7)c56)cc4)nc(-c4cccc(-n5c6ccccc6c6ccccc65)c4)n3)cc2)c([2H])c1[2H]. The Balaban J connectivity index is 1.04. The van der Waals surface area contributed by atoms with Crippen LogP contribution in [-0.4, -0.2) is 19.5 Å². The number of benzene rings is 9. The predicted molar refractivity (Wildman–Crippen MR) is 244 cm³/mol. The molecule has 60 heavy (non-hydrogen) atoms. The molecule has 0 fully saturated rings. The third-order valence-corrected chi connectivity index (χ3v) is 11.0. The highest BCUT2D eigenvalue weighted by Gasteiger charge is 2.17. The summed E-state index contributed by atoms with van der Waals surface area (Å²) >= 11 is 0. The van der Waals surface area contributed by atoms with Gasteiger partial charge in [0.1, 0.15) is 5.82 Å². The minimum atomic E-state index is -0.438. The van der Waals surface area contributed by atoms with Gasteiger partial charge in [-0.05, 0) is 80.6 Å². The molecule has 4 nitrogen and oxygen atoms in total. The van der Waals surface area contributed by atoms with Gasteiger partial charge in [0.15, 0.2) is 17.5 Å². The average molecular weight is 776 g/mol. The van der Waals surface area contributed by atoms with Crippen LogP contribution < -0.4 is 0 Å². The fraction of sp³-hybridized carbons (Fsp3) is 0. The van der Waals surface area contributed by atoms with E-state index in [-0.39, 0.29) is 23.5 Å². The van der Waals surface area contributed by atoms with Crippen LogP contribution in [0.4, 0.5) is 4.39 Å². The van der Waals surface area contributed by atoms with Crippen molar-refractivity contribution in [1.29, 1.82) is 0 Å². The van der Waals surface area contributed by atoms with Crippen LogP contribution in [0, 0.1) is 5.82 Å². The molecule has 0 saturated carbocycles. The van der Waals surface area contributed by atoms with Gasteiger partial charge in [0.2, 0.25) is 0 Å². The molecule has 5 heteroatoms. The minimum Gasteiger partial charge on any atom is -0.309 e. The molecular formula is C55H35FN4. The lowest BCUT2D eigenvalue weighted by Gasteiger charge is -2.14. The summed E-state index contributed by atoms with van der Waals surface area (Å²) in [5, 5.41) is 4.37. The zero-order chi connectivity index (χ0) is 44.3. The molecule has 0 bridgehead atoms. The van der Waals surface area contributed by atoms with Crippen molar-refractivity contribution in [3.05, 3.63) is 218 Å². The molecule has 0 spiro atoms. The Morgan fingerprint density at radius 2 is 0.917 bits per heavy atom. The monoisotopic (exact) mass is 775 g/mol. The second-order valence-electron chi connectivity index (χ2n) is 14.6. The molecule has 0 saturated heterocycles. The van der Waals surface area contributed by atoms with Crippen LogP contribution in [-0.2, 0) is 0 Å². The molecule has 0 unspecified atom stereocenters. The largest absolute Gasteiger partial charge is 0.309 e. The molecule has 0 aliphatic rings. The Morgan fingerprint density at radius 3 is 1.55 bits per heavy atom. The first kappa shape index (κ1) is 30.1. The van der Waals surface area contributed by atoms with Gasteiger partial charge in [-0.3, -0.25) is 0 Å². The highest BCUT2D eigenvalue weighted by atomic mass is 19.1. The van der Waals surface area contributed by atoms with Crippen LogP contribution in [0.25, 0.3) is 106 Å². The normalized spacial score (nSPS) is 12.6. The highest BCUT2D eigenvalue weighted by molar-refractivity contribution is 6.09. The molecule has 11 rings (SSSR count). The first-order valence-corrected chi connectivity index (χ1v) is 19.6. The molecule has 2 heterocycles. The third-order valence-electron chi connectivity index (χ3n) is 11.0. The van der Waals surface area contributed by atoms with Gasteiger partial charge in [0, 0.05) is 33.2 Å². The lowest BCUT2D eigenvalue weighted by atomic mass is 9.91. The van der Waals surface area contributed by atoms with E-state index in [0.717, 1.165) is 71.6 Å². The zero-order valence-electron chi connectivity index (χ0n) is 37.0. The maximum Gasteiger partial charge on any atom is 0.164 e. The number of fused-ring (bicyclic) bond motifs is 4. The van der Waals surface area contributed by atoms with E-state index in [1.54, 1.807) is 36.4 Å². The molecular weight excluding hydrogens is 736 g/mol. The van der Waals surface area contributed by atoms with Crippen molar-refractivity contribution in [2.45, 2.75) is 0 Å². The first-order chi connectivity index (χ1) is 31.7. The number of nitrogens with zero attached hydrogens (tertiary/aromatic N) is 4. The second-order valence-corrected chi connectivity index (χ2v) is 14.6. The van der Waals surface area contributed by atoms with E-state index in [1.165, 1.54) is 6.07 Å². The number of para-hydroxylation sites is 2. The molecule has 2 aromatic heterocycles. The first-order valence-electron chi connectivity index (χ1n) is 22.1. The Bertz CT molecular complexity index is 3590. The van der Waals surface area contributed by atoms with Gasteiger partial charge in [0.05, 0.1) is 17.9 Å². The predicted octanol–water partition coefficient (Wildman–Crippen LogP) is 14.3. The number of hydrogen-bond donors (Lipinski definition) is 0. The van der Waals surface area contributed by atoms with E-state index < -0.39 is 18.1 Å². The zero-order valence-corrected chi connectivity index (χ0v) is 32.0. The molecule has 0 aliphatic carbocycles. The van der Waals surface area contributed by atoms with Gasteiger partial charge in [-0.2, -0.15) is 0 Å². The van der Waals surface area contributed by atoms with E-state index in [4.69, 9.17) is 21.8 Å². The van der Waals surface area contributed by atoms with Crippen LogP contribution in [0.15, 0.2) is 212 Å². The Kier molecular flexibility index (Phi) is 7.39. The Labute approximate surface area is 353 Å². The summed E-state index contributed by atoms with van der Waals surface area (Å²) in [5.74, 6) is 1.02. The van der Waals surface area contributed by atoms with E-state index in [9.17, 15) is 4.39 Å². The smallest absolute Gasteiger partial charge is 0.164 e. The molecule has 0 amide bonds. The summed E-state index contributed by atoms with van der Waals surface area (Å²) in [6.45, 7) is 0. The molecule has 0 atom stereocenters. The van der Waals surface area contributed by atoms with E-state index in [0.29, 0.717) is 28.6 Å². The van der Waals surface area contributed by atoms with Gasteiger partial charge in [-0.1, -0.05) is 176 Å². The van der Waals surface area contributed by atoms with Crippen LogP contribution in [0.1, 0.15) is 6.85 Å². The molecule has 282 valence electrons. The van der Waals surface area contributed by atoms with Crippen molar-refractivity contribution in [3.8, 4) is 73.2 Å². The number of rotatable bonds is 7. The van der Waals surface area contributed by atoms with E-state index in [2.05, 4.69) is 71.3 Å². The van der Waals surface area contributed by atoms with Crippen molar-refractivity contribution in [2.75, 3.05) is 0 Å². The van der Waals surface area contributed by atoms with Crippen molar-refractivity contribution in [3.63, 3.8) is 0 Å². The third kappa shape index (κ3) is 6.30. The van der Waals surface area contributed by atoms with Gasteiger partial charge < -0.3 is 4.57 Å². The van der Waals surface area contributed by atoms with Crippen LogP contribution in [0.5, 0.6) is 0 Å². The quantitative estimate of drug-likeness (QED) is 0.162. The van der Waals surface area contributed by atoms with Crippen molar-refractivity contribution in [2.24, 2.45) is 0 Å². The van der Waals surface area contributed by atoms with Gasteiger partial charge in [-0.25, -0.2) is 19.3 Å². The average Bonchev–Trinajstić information content (AvgIpc) is 3.69.